The van der Waals surface area contributed by atoms with Crippen molar-refractivity contribution < 1.29 is 18.7 Å². The standard InChI is InChI=1S/C18H16BrN3O4S/c1-24-12-6-8-13(9-7-12)25-10-17-21-22-18(26-17)27-11-16(23)20-15-5-3-2-4-14(15)19/h2-9H,10-11H2,1H3,(H,20,23). The Balaban J connectivity index is 1.46. The molecule has 0 spiro atoms. The normalized spacial score (nSPS) is 10.4. The van der Waals surface area contributed by atoms with Crippen LogP contribution in [-0.4, -0.2) is 29.0 Å². The molecule has 0 unspecified atom stereocenters. The van der Waals surface area contributed by atoms with Gasteiger partial charge in [0.15, 0.2) is 6.61 Å². The number of nitrogens with one attached hydrogen (secondary N) is 1. The maximum atomic E-state index is 12.0. The van der Waals surface area contributed by atoms with E-state index in [1.165, 1.54) is 0 Å². The Bertz CT molecular complexity index is 902. The SMILES string of the molecule is COc1ccc(OCc2nnc(SCC(=O)Nc3ccccc3Br)o2)cc1. The van der Waals surface area contributed by atoms with E-state index in [1.54, 1.807) is 31.4 Å². The number of rotatable bonds is 8. The molecule has 0 saturated heterocycles. The fraction of sp³-hybridized carbons (Fsp3) is 0.167. The molecular weight excluding hydrogens is 434 g/mol. The molecule has 0 bridgehead atoms. The van der Waals surface area contributed by atoms with Crippen LogP contribution in [0.1, 0.15) is 5.89 Å². The monoisotopic (exact) mass is 449 g/mol. The summed E-state index contributed by atoms with van der Waals surface area (Å²) in [6.07, 6.45) is 0. The van der Waals surface area contributed by atoms with Gasteiger partial charge in [0.05, 0.1) is 18.6 Å². The number of carbonyl (C=O) groups is 1. The van der Waals surface area contributed by atoms with Gasteiger partial charge in [-0.05, 0) is 52.3 Å². The third-order valence-corrected chi connectivity index (χ3v) is 4.85. The molecule has 3 aromatic rings. The highest BCUT2D eigenvalue weighted by Crippen LogP contribution is 2.23. The lowest BCUT2D eigenvalue weighted by Crippen LogP contribution is -2.14. The molecule has 1 N–H and O–H groups in total. The van der Waals surface area contributed by atoms with Gasteiger partial charge in [-0.25, -0.2) is 0 Å². The van der Waals surface area contributed by atoms with Gasteiger partial charge in [-0.2, -0.15) is 0 Å². The summed E-state index contributed by atoms with van der Waals surface area (Å²) in [6.45, 7) is 0.142. The smallest absolute Gasteiger partial charge is 0.277 e. The number of aromatic nitrogens is 2. The first-order valence-electron chi connectivity index (χ1n) is 7.90. The van der Waals surface area contributed by atoms with Crippen molar-refractivity contribution in [3.05, 3.63) is 58.9 Å². The van der Waals surface area contributed by atoms with Crippen molar-refractivity contribution in [2.45, 2.75) is 11.8 Å². The largest absolute Gasteiger partial charge is 0.497 e. The van der Waals surface area contributed by atoms with E-state index in [-0.39, 0.29) is 18.3 Å². The highest BCUT2D eigenvalue weighted by molar-refractivity contribution is 9.10. The van der Waals surface area contributed by atoms with E-state index in [4.69, 9.17) is 13.9 Å². The highest BCUT2D eigenvalue weighted by atomic mass is 79.9. The van der Waals surface area contributed by atoms with E-state index in [9.17, 15) is 4.79 Å². The van der Waals surface area contributed by atoms with Crippen LogP contribution < -0.4 is 14.8 Å². The number of thioether (sulfide) groups is 1. The van der Waals surface area contributed by atoms with Gasteiger partial charge >= 0.3 is 0 Å². The summed E-state index contributed by atoms with van der Waals surface area (Å²) < 4.78 is 17.0. The van der Waals surface area contributed by atoms with Crippen LogP contribution in [0.5, 0.6) is 11.5 Å². The molecule has 2 aromatic carbocycles. The number of hydrogen-bond acceptors (Lipinski definition) is 7. The molecule has 0 radical (unpaired) electrons. The summed E-state index contributed by atoms with van der Waals surface area (Å²) in [4.78, 5) is 12.0. The molecule has 1 amide bonds. The predicted molar refractivity (Wildman–Crippen MR) is 105 cm³/mol. The Hall–Kier alpha value is -2.52. The van der Waals surface area contributed by atoms with E-state index >= 15 is 0 Å². The predicted octanol–water partition coefficient (Wildman–Crippen LogP) is 4.15. The highest BCUT2D eigenvalue weighted by Gasteiger charge is 2.11. The molecule has 1 aromatic heterocycles. The van der Waals surface area contributed by atoms with Gasteiger partial charge in [0.2, 0.25) is 5.91 Å². The first-order valence-corrected chi connectivity index (χ1v) is 9.68. The number of anilines is 1. The maximum absolute atomic E-state index is 12.0. The van der Waals surface area contributed by atoms with Crippen molar-refractivity contribution in [2.24, 2.45) is 0 Å². The molecule has 140 valence electrons. The topological polar surface area (TPSA) is 86.5 Å². The molecule has 0 saturated carbocycles. The van der Waals surface area contributed by atoms with Gasteiger partial charge in [-0.3, -0.25) is 4.79 Å². The van der Waals surface area contributed by atoms with Crippen molar-refractivity contribution in [1.29, 1.82) is 0 Å². The Labute approximate surface area is 168 Å². The lowest BCUT2D eigenvalue weighted by molar-refractivity contribution is -0.113. The quantitative estimate of drug-likeness (QED) is 0.516. The van der Waals surface area contributed by atoms with E-state index in [2.05, 4.69) is 31.4 Å². The molecular formula is C18H16BrN3O4S. The average Bonchev–Trinajstić information content (AvgIpc) is 3.15. The number of hydrogen-bond donors (Lipinski definition) is 1. The lowest BCUT2D eigenvalue weighted by atomic mass is 10.3. The average molecular weight is 450 g/mol. The summed E-state index contributed by atoms with van der Waals surface area (Å²) >= 11 is 4.55. The number of carbonyl (C=O) groups excluding carboxylic acids is 1. The van der Waals surface area contributed by atoms with Crippen molar-refractivity contribution in [3.8, 4) is 11.5 Å². The molecule has 1 heterocycles. The Morgan fingerprint density at radius 1 is 1.15 bits per heavy atom. The summed E-state index contributed by atoms with van der Waals surface area (Å²) in [7, 11) is 1.60. The van der Waals surface area contributed by atoms with Crippen LogP contribution in [0.3, 0.4) is 0 Å². The Kier molecular flexibility index (Phi) is 6.72. The first kappa shape index (κ1) is 19.2. The van der Waals surface area contributed by atoms with Crippen molar-refractivity contribution >= 4 is 39.3 Å². The zero-order valence-electron chi connectivity index (χ0n) is 14.3. The minimum absolute atomic E-state index is 0.142. The van der Waals surface area contributed by atoms with Gasteiger partial charge in [-0.15, -0.1) is 10.2 Å². The van der Waals surface area contributed by atoms with Gasteiger partial charge in [-0.1, -0.05) is 23.9 Å². The number of ether oxygens (including phenoxy) is 2. The molecule has 0 aliphatic rings. The minimum atomic E-state index is -0.166. The van der Waals surface area contributed by atoms with Crippen LogP contribution in [0.15, 0.2) is 62.6 Å². The van der Waals surface area contributed by atoms with E-state index in [1.807, 2.05) is 24.3 Å². The number of amides is 1. The molecule has 0 fully saturated rings. The number of halogens is 1. The zero-order valence-corrected chi connectivity index (χ0v) is 16.7. The fourth-order valence-corrected chi connectivity index (χ4v) is 3.01. The third kappa shape index (κ3) is 5.73. The maximum Gasteiger partial charge on any atom is 0.277 e. The molecule has 7 nitrogen and oxygen atoms in total. The van der Waals surface area contributed by atoms with Crippen molar-refractivity contribution in [3.63, 3.8) is 0 Å². The molecule has 9 heteroatoms. The zero-order chi connectivity index (χ0) is 19.1. The van der Waals surface area contributed by atoms with Gasteiger partial charge in [0.25, 0.3) is 11.1 Å². The number of methoxy groups -OCH3 is 1. The molecule has 3 rings (SSSR count). The number of benzene rings is 2. The Morgan fingerprint density at radius 2 is 1.89 bits per heavy atom. The summed E-state index contributed by atoms with van der Waals surface area (Å²) in [5.41, 5.74) is 0.710. The van der Waals surface area contributed by atoms with Crippen LogP contribution in [0.25, 0.3) is 0 Å². The summed E-state index contributed by atoms with van der Waals surface area (Å²) in [6, 6.07) is 14.6. The first-order chi connectivity index (χ1) is 13.1. The second kappa shape index (κ2) is 9.43. The molecule has 0 aliphatic carbocycles. The molecule has 0 aliphatic heterocycles. The van der Waals surface area contributed by atoms with Gasteiger partial charge < -0.3 is 19.2 Å². The van der Waals surface area contributed by atoms with Crippen LogP contribution in [0, 0.1) is 0 Å². The summed E-state index contributed by atoms with van der Waals surface area (Å²) in [5.74, 6) is 1.73. The van der Waals surface area contributed by atoms with E-state index < -0.39 is 0 Å². The lowest BCUT2D eigenvalue weighted by Gasteiger charge is -2.05. The van der Waals surface area contributed by atoms with E-state index in [0.29, 0.717) is 22.6 Å². The molecule has 27 heavy (non-hydrogen) atoms. The van der Waals surface area contributed by atoms with Crippen LogP contribution in [-0.2, 0) is 11.4 Å². The second-order valence-corrected chi connectivity index (χ2v) is 7.02. The van der Waals surface area contributed by atoms with Crippen molar-refractivity contribution in [2.75, 3.05) is 18.2 Å². The van der Waals surface area contributed by atoms with Crippen LogP contribution in [0.4, 0.5) is 5.69 Å². The van der Waals surface area contributed by atoms with Crippen molar-refractivity contribution in [1.82, 2.24) is 10.2 Å². The fourth-order valence-electron chi connectivity index (χ4n) is 2.05. The van der Waals surface area contributed by atoms with Crippen LogP contribution >= 0.6 is 27.7 Å². The Morgan fingerprint density at radius 3 is 2.63 bits per heavy atom. The number of nitrogens with zero attached hydrogens (tertiary/aromatic N) is 2. The van der Waals surface area contributed by atoms with E-state index in [0.717, 1.165) is 22.0 Å². The second-order valence-electron chi connectivity index (χ2n) is 5.24. The van der Waals surface area contributed by atoms with Gasteiger partial charge in [0.1, 0.15) is 11.5 Å². The third-order valence-electron chi connectivity index (χ3n) is 3.34. The van der Waals surface area contributed by atoms with Crippen LogP contribution in [0.2, 0.25) is 0 Å². The molecule has 0 atom stereocenters. The number of para-hydroxylation sites is 1. The van der Waals surface area contributed by atoms with Gasteiger partial charge in [0, 0.05) is 4.47 Å². The summed E-state index contributed by atoms with van der Waals surface area (Å²) in [5, 5.41) is 10.9. The minimum Gasteiger partial charge on any atom is -0.497 e.